The smallest absolute Gasteiger partial charge is 0.381 e. The summed E-state index contributed by atoms with van der Waals surface area (Å²) in [6, 6.07) is 5.25. The maximum Gasteiger partial charge on any atom is 0.416 e. The Hall–Kier alpha value is -1.97. The number of hydrogen-bond donors (Lipinski definition) is 0. The Morgan fingerprint density at radius 1 is 1.19 bits per heavy atom. The molecule has 2 aromatic rings. The number of amides is 1. The number of halogens is 3. The minimum absolute atomic E-state index is 0.0840. The van der Waals surface area contributed by atoms with Crippen LogP contribution in [-0.2, 0) is 27.7 Å². The summed E-state index contributed by atoms with van der Waals surface area (Å²) in [5.41, 5.74) is -0.205. The third kappa shape index (κ3) is 4.78. The van der Waals surface area contributed by atoms with Gasteiger partial charge in [0.15, 0.2) is 0 Å². The number of carbonyl (C=O) groups excluding carboxylic acids is 1. The van der Waals surface area contributed by atoms with Crippen LogP contribution in [0.2, 0.25) is 0 Å². The Bertz CT molecular complexity index is 917. The molecule has 0 N–H and O–H groups in total. The zero-order valence-corrected chi connectivity index (χ0v) is 18.3. The normalized spacial score (nSPS) is 20.1. The molecule has 4 rings (SSSR count). The molecule has 0 spiro atoms. The van der Waals surface area contributed by atoms with E-state index in [1.54, 1.807) is 17.4 Å². The highest BCUT2D eigenvalue weighted by molar-refractivity contribution is 7.09. The van der Waals surface area contributed by atoms with Gasteiger partial charge in [-0.3, -0.25) is 9.69 Å². The van der Waals surface area contributed by atoms with Crippen LogP contribution >= 0.6 is 11.3 Å². The second-order valence-corrected chi connectivity index (χ2v) is 9.26. The first-order chi connectivity index (χ1) is 14.8. The first-order valence-corrected chi connectivity index (χ1v) is 11.3. The lowest BCUT2D eigenvalue weighted by Gasteiger charge is -2.43. The van der Waals surface area contributed by atoms with Crippen molar-refractivity contribution in [2.75, 3.05) is 39.4 Å². The van der Waals surface area contributed by atoms with Gasteiger partial charge >= 0.3 is 6.18 Å². The summed E-state index contributed by atoms with van der Waals surface area (Å²) in [7, 11) is 0. The maximum absolute atomic E-state index is 13.7. The van der Waals surface area contributed by atoms with Gasteiger partial charge < -0.3 is 9.64 Å². The third-order valence-corrected chi connectivity index (χ3v) is 7.03. The second-order valence-electron chi connectivity index (χ2n) is 8.20. The third-order valence-electron chi connectivity index (χ3n) is 6.21. The van der Waals surface area contributed by atoms with Crippen LogP contribution in [0.4, 0.5) is 13.2 Å². The van der Waals surface area contributed by atoms with E-state index in [0.29, 0.717) is 44.7 Å². The van der Waals surface area contributed by atoms with E-state index in [-0.39, 0.29) is 5.91 Å². The van der Waals surface area contributed by atoms with Crippen LogP contribution < -0.4 is 0 Å². The van der Waals surface area contributed by atoms with Crippen LogP contribution in [0.1, 0.15) is 34.7 Å². The van der Waals surface area contributed by atoms with Gasteiger partial charge in [-0.2, -0.15) is 13.2 Å². The first-order valence-electron chi connectivity index (χ1n) is 10.5. The van der Waals surface area contributed by atoms with Crippen LogP contribution in [0.25, 0.3) is 0 Å². The van der Waals surface area contributed by atoms with Crippen molar-refractivity contribution in [2.24, 2.45) is 0 Å². The van der Waals surface area contributed by atoms with Gasteiger partial charge in [0.1, 0.15) is 0 Å². The van der Waals surface area contributed by atoms with Crippen LogP contribution in [-0.4, -0.2) is 60.1 Å². The highest BCUT2D eigenvalue weighted by atomic mass is 32.1. The van der Waals surface area contributed by atoms with Crippen LogP contribution in [0.15, 0.2) is 29.6 Å². The van der Waals surface area contributed by atoms with E-state index < -0.39 is 17.2 Å². The van der Waals surface area contributed by atoms with Gasteiger partial charge in [-0.15, -0.1) is 11.3 Å². The summed E-state index contributed by atoms with van der Waals surface area (Å²) in [5.74, 6) is -0.0840. The van der Waals surface area contributed by atoms with Crippen molar-refractivity contribution in [3.8, 4) is 0 Å². The van der Waals surface area contributed by atoms with E-state index in [1.165, 1.54) is 6.07 Å². The number of ether oxygens (including phenoxy) is 1. The largest absolute Gasteiger partial charge is 0.416 e. The van der Waals surface area contributed by atoms with Crippen molar-refractivity contribution in [1.29, 1.82) is 0 Å². The molecule has 5 nitrogen and oxygen atoms in total. The van der Waals surface area contributed by atoms with Crippen LogP contribution in [0, 0.1) is 6.92 Å². The zero-order valence-electron chi connectivity index (χ0n) is 17.5. The van der Waals surface area contributed by atoms with E-state index in [2.05, 4.69) is 15.3 Å². The molecule has 1 aromatic carbocycles. The Balaban J connectivity index is 1.50. The average molecular weight is 454 g/mol. The summed E-state index contributed by atoms with van der Waals surface area (Å²) >= 11 is 1.62. The number of piperazine rings is 1. The second kappa shape index (κ2) is 8.88. The van der Waals surface area contributed by atoms with Gasteiger partial charge in [-0.05, 0) is 31.4 Å². The highest BCUT2D eigenvalue weighted by Crippen LogP contribution is 2.39. The highest BCUT2D eigenvalue weighted by Gasteiger charge is 2.45. The number of rotatable bonds is 4. The average Bonchev–Trinajstić information content (AvgIpc) is 3.18. The molecule has 1 aromatic heterocycles. The van der Waals surface area contributed by atoms with Gasteiger partial charge in [0.05, 0.1) is 21.7 Å². The molecule has 0 aliphatic carbocycles. The lowest BCUT2D eigenvalue weighted by Crippen LogP contribution is -2.55. The van der Waals surface area contributed by atoms with Gasteiger partial charge in [-0.1, -0.05) is 18.2 Å². The van der Waals surface area contributed by atoms with E-state index in [4.69, 9.17) is 4.74 Å². The number of aromatic nitrogens is 1. The van der Waals surface area contributed by atoms with Crippen molar-refractivity contribution >= 4 is 17.2 Å². The van der Waals surface area contributed by atoms with Gasteiger partial charge in [-0.25, -0.2) is 4.98 Å². The topological polar surface area (TPSA) is 45.7 Å². The molecule has 1 amide bonds. The number of alkyl halides is 3. The molecule has 31 heavy (non-hydrogen) atoms. The van der Waals surface area contributed by atoms with E-state index in [9.17, 15) is 18.0 Å². The Kier molecular flexibility index (Phi) is 6.37. The number of thiazole rings is 1. The molecular formula is C22H26F3N3O2S. The molecule has 0 saturated carbocycles. The van der Waals surface area contributed by atoms with Gasteiger partial charge in [0, 0.05) is 51.3 Å². The Morgan fingerprint density at radius 2 is 1.90 bits per heavy atom. The minimum Gasteiger partial charge on any atom is -0.381 e. The van der Waals surface area contributed by atoms with Crippen molar-refractivity contribution in [2.45, 2.75) is 37.9 Å². The molecular weight excluding hydrogens is 427 g/mol. The van der Waals surface area contributed by atoms with Crippen LogP contribution in [0.3, 0.4) is 0 Å². The van der Waals surface area contributed by atoms with E-state index in [1.807, 2.05) is 11.8 Å². The molecule has 0 atom stereocenters. The molecule has 2 aliphatic heterocycles. The molecule has 0 unspecified atom stereocenters. The molecule has 168 valence electrons. The molecule has 2 fully saturated rings. The number of aryl methyl sites for hydroxylation is 1. The van der Waals surface area contributed by atoms with Crippen molar-refractivity contribution in [3.05, 3.63) is 51.5 Å². The summed E-state index contributed by atoms with van der Waals surface area (Å²) in [4.78, 5) is 22.2. The Morgan fingerprint density at radius 3 is 2.52 bits per heavy atom. The van der Waals surface area contributed by atoms with E-state index >= 15 is 0 Å². The number of carbonyl (C=O) groups is 1. The maximum atomic E-state index is 13.7. The monoisotopic (exact) mass is 453 g/mol. The molecule has 2 saturated heterocycles. The van der Waals surface area contributed by atoms with E-state index in [0.717, 1.165) is 42.5 Å². The number of nitrogens with zero attached hydrogens (tertiary/aromatic N) is 3. The minimum atomic E-state index is -4.44. The predicted octanol–water partition coefficient (Wildman–Crippen LogP) is 3.86. The summed E-state index contributed by atoms with van der Waals surface area (Å²) in [5, 5.41) is 3.09. The van der Waals surface area contributed by atoms with Crippen molar-refractivity contribution in [1.82, 2.24) is 14.8 Å². The fraction of sp³-hybridized carbons (Fsp3) is 0.545. The SMILES string of the molecule is Cc1nc(CN2CCN(C(=O)C3(c4cccc(C(F)(F)F)c4)CCOCC3)CC2)cs1. The zero-order chi connectivity index (χ0) is 22.1. The standard InChI is InChI=1S/C22H26F3N3O2S/c1-16-26-19(15-31-16)14-27-7-9-28(10-8-27)20(29)21(5-11-30-12-6-21)17-3-2-4-18(13-17)22(23,24)25/h2-4,13,15H,5-12,14H2,1H3. The van der Waals surface area contributed by atoms with Crippen molar-refractivity contribution in [3.63, 3.8) is 0 Å². The summed E-state index contributed by atoms with van der Waals surface area (Å²) in [6.07, 6.45) is -3.65. The van der Waals surface area contributed by atoms with Gasteiger partial charge in [0.25, 0.3) is 0 Å². The molecule has 3 heterocycles. The Labute approximate surface area is 183 Å². The fourth-order valence-corrected chi connectivity index (χ4v) is 5.06. The predicted molar refractivity (Wildman–Crippen MR) is 112 cm³/mol. The number of hydrogen-bond acceptors (Lipinski definition) is 5. The van der Waals surface area contributed by atoms with Crippen molar-refractivity contribution < 1.29 is 22.7 Å². The lowest BCUT2D eigenvalue weighted by molar-refractivity contribution is -0.144. The molecule has 9 heteroatoms. The number of benzene rings is 1. The fourth-order valence-electron chi connectivity index (χ4n) is 4.46. The summed E-state index contributed by atoms with van der Waals surface area (Å²) in [6.45, 7) is 6.02. The molecule has 0 radical (unpaired) electrons. The van der Waals surface area contributed by atoms with Crippen LogP contribution in [0.5, 0.6) is 0 Å². The van der Waals surface area contributed by atoms with Gasteiger partial charge in [0.2, 0.25) is 5.91 Å². The quantitative estimate of drug-likeness (QED) is 0.705. The lowest BCUT2D eigenvalue weighted by atomic mass is 9.72. The summed E-state index contributed by atoms with van der Waals surface area (Å²) < 4.78 is 45.4. The molecule has 0 bridgehead atoms. The molecule has 2 aliphatic rings. The first kappa shape index (κ1) is 22.2.